The number of nitrogens with one attached hydrogen (secondary N) is 1. The van der Waals surface area contributed by atoms with E-state index in [4.69, 9.17) is 5.11 Å². The van der Waals surface area contributed by atoms with Gasteiger partial charge in [-0.3, -0.25) is 9.59 Å². The molecule has 0 aliphatic rings. The highest BCUT2D eigenvalue weighted by Crippen LogP contribution is 2.31. The molecule has 8 nitrogen and oxygen atoms in total. The molecule has 1 aromatic carbocycles. The first-order valence-corrected chi connectivity index (χ1v) is 7.77. The lowest BCUT2D eigenvalue weighted by Crippen LogP contribution is -2.30. The Balaban J connectivity index is 2.04. The molecule has 0 fully saturated rings. The van der Waals surface area contributed by atoms with Gasteiger partial charge in [-0.15, -0.1) is 0 Å². The van der Waals surface area contributed by atoms with E-state index in [0.29, 0.717) is 12.1 Å². The minimum absolute atomic E-state index is 0.101. The van der Waals surface area contributed by atoms with Gasteiger partial charge in [0.1, 0.15) is 18.4 Å². The second-order valence-corrected chi connectivity index (χ2v) is 5.68. The molecule has 0 aliphatic carbocycles. The van der Waals surface area contributed by atoms with Crippen molar-refractivity contribution in [2.45, 2.75) is 6.54 Å². The van der Waals surface area contributed by atoms with Crippen LogP contribution in [0.1, 0.15) is 21.7 Å². The van der Waals surface area contributed by atoms with Crippen LogP contribution in [0.25, 0.3) is 10.9 Å². The summed E-state index contributed by atoms with van der Waals surface area (Å²) in [7, 11) is 0. The van der Waals surface area contributed by atoms with Crippen LogP contribution in [0.15, 0.2) is 36.5 Å². The molecule has 0 unspecified atom stereocenters. The number of aliphatic carboxylic acids is 1. The third-order valence-electron chi connectivity index (χ3n) is 3.88. The Morgan fingerprint density at radius 2 is 1.96 bits per heavy atom. The summed E-state index contributed by atoms with van der Waals surface area (Å²) in [4.78, 5) is 26.5. The molecular weight excluding hydrogens is 355 g/mol. The van der Waals surface area contributed by atoms with Crippen molar-refractivity contribution in [3.63, 3.8) is 0 Å². The number of carbonyl (C=O) groups is 2. The molecule has 0 saturated heterocycles. The van der Waals surface area contributed by atoms with Crippen molar-refractivity contribution in [3.8, 4) is 11.8 Å². The lowest BCUT2D eigenvalue weighted by molar-refractivity contribution is -0.135. The Bertz CT molecular complexity index is 1080. The number of carboxylic acid groups (broad SMARTS) is 1. The van der Waals surface area contributed by atoms with Gasteiger partial charge in [0.2, 0.25) is 0 Å². The van der Waals surface area contributed by atoms with E-state index in [9.17, 15) is 24.3 Å². The number of carbonyl (C=O) groups excluding carboxylic acids is 1. The largest absolute Gasteiger partial charge is 0.505 e. The van der Waals surface area contributed by atoms with Crippen LogP contribution in [-0.4, -0.2) is 38.2 Å². The highest BCUT2D eigenvalue weighted by atomic mass is 19.1. The minimum atomic E-state index is -1.25. The average Bonchev–Trinajstić information content (AvgIpc) is 3.06. The summed E-state index contributed by atoms with van der Waals surface area (Å²) in [5.41, 5.74) is 0.546. The topological polar surface area (TPSA) is 128 Å². The van der Waals surface area contributed by atoms with Crippen LogP contribution in [-0.2, 0) is 11.3 Å². The van der Waals surface area contributed by atoms with Crippen molar-refractivity contribution in [1.29, 1.82) is 5.26 Å². The standard InChI is InChI=1S/C18H13FN4O4/c19-11-3-1-10(2-4-11)9-23-6-5-12-16(23)13(7-20)22-15(17(12)26)18(27)21-8-14(24)25/h1-6,26H,8-9H2,(H,21,27)(H,24,25). The second-order valence-electron chi connectivity index (χ2n) is 5.68. The van der Waals surface area contributed by atoms with E-state index in [0.717, 1.165) is 5.56 Å². The number of hydrogen-bond donors (Lipinski definition) is 3. The second kappa shape index (κ2) is 7.13. The number of pyridine rings is 1. The third-order valence-corrected chi connectivity index (χ3v) is 3.88. The van der Waals surface area contributed by atoms with Gasteiger partial charge in [0, 0.05) is 18.1 Å². The fourth-order valence-corrected chi connectivity index (χ4v) is 2.67. The van der Waals surface area contributed by atoms with Crippen LogP contribution in [0, 0.1) is 17.1 Å². The predicted molar refractivity (Wildman–Crippen MR) is 91.6 cm³/mol. The number of carboxylic acids is 1. The van der Waals surface area contributed by atoms with Gasteiger partial charge in [0.05, 0.1) is 5.52 Å². The molecule has 0 radical (unpaired) electrons. The summed E-state index contributed by atoms with van der Waals surface area (Å²) in [5.74, 6) is -2.98. The molecule has 3 rings (SSSR count). The van der Waals surface area contributed by atoms with Gasteiger partial charge in [0.25, 0.3) is 5.91 Å². The third kappa shape index (κ3) is 3.55. The monoisotopic (exact) mass is 368 g/mol. The van der Waals surface area contributed by atoms with E-state index < -0.39 is 29.9 Å². The molecule has 27 heavy (non-hydrogen) atoms. The lowest BCUT2D eigenvalue weighted by atomic mass is 10.1. The zero-order valence-corrected chi connectivity index (χ0v) is 13.8. The molecule has 3 aromatic rings. The Kier molecular flexibility index (Phi) is 4.72. The van der Waals surface area contributed by atoms with Crippen LogP contribution >= 0.6 is 0 Å². The predicted octanol–water partition coefficient (Wildman–Crippen LogP) is 1.62. The van der Waals surface area contributed by atoms with E-state index in [1.807, 2.05) is 6.07 Å². The summed E-state index contributed by atoms with van der Waals surface area (Å²) >= 11 is 0. The summed E-state index contributed by atoms with van der Waals surface area (Å²) in [6.07, 6.45) is 1.61. The van der Waals surface area contributed by atoms with Crippen molar-refractivity contribution in [3.05, 3.63) is 59.3 Å². The normalized spacial score (nSPS) is 10.5. The Morgan fingerprint density at radius 1 is 1.26 bits per heavy atom. The highest BCUT2D eigenvalue weighted by molar-refractivity contribution is 6.03. The number of rotatable bonds is 5. The van der Waals surface area contributed by atoms with Crippen LogP contribution < -0.4 is 5.32 Å². The SMILES string of the molecule is N#Cc1nc(C(=O)NCC(=O)O)c(O)c2ccn(Cc3ccc(F)cc3)c12. The maximum Gasteiger partial charge on any atom is 0.322 e. The lowest BCUT2D eigenvalue weighted by Gasteiger charge is -2.10. The van der Waals surface area contributed by atoms with E-state index in [2.05, 4.69) is 10.3 Å². The van der Waals surface area contributed by atoms with Gasteiger partial charge in [0.15, 0.2) is 17.1 Å². The molecule has 0 aliphatic heterocycles. The molecule has 0 bridgehead atoms. The Labute approximate surface area is 152 Å². The summed E-state index contributed by atoms with van der Waals surface area (Å²) < 4.78 is 14.7. The zero-order valence-electron chi connectivity index (χ0n) is 13.8. The number of aromatic nitrogens is 2. The van der Waals surface area contributed by atoms with Crippen molar-refractivity contribution in [1.82, 2.24) is 14.9 Å². The first-order chi connectivity index (χ1) is 12.9. The van der Waals surface area contributed by atoms with Crippen LogP contribution in [0.3, 0.4) is 0 Å². The van der Waals surface area contributed by atoms with Gasteiger partial charge in [-0.2, -0.15) is 5.26 Å². The maximum atomic E-state index is 13.1. The number of fused-ring (bicyclic) bond motifs is 1. The van der Waals surface area contributed by atoms with Crippen LogP contribution in [0.5, 0.6) is 5.75 Å². The molecule has 2 heterocycles. The van der Waals surface area contributed by atoms with E-state index in [1.165, 1.54) is 18.2 Å². The number of hydrogen-bond acceptors (Lipinski definition) is 5. The molecule has 2 aromatic heterocycles. The smallest absolute Gasteiger partial charge is 0.322 e. The van der Waals surface area contributed by atoms with Crippen molar-refractivity contribution in [2.24, 2.45) is 0 Å². The fourth-order valence-electron chi connectivity index (χ4n) is 2.67. The molecule has 3 N–H and O–H groups in total. The first kappa shape index (κ1) is 17.9. The van der Waals surface area contributed by atoms with Crippen molar-refractivity contribution in [2.75, 3.05) is 6.54 Å². The molecular formula is C18H13FN4O4. The number of aromatic hydroxyl groups is 1. The van der Waals surface area contributed by atoms with Gasteiger partial charge < -0.3 is 20.1 Å². The minimum Gasteiger partial charge on any atom is -0.505 e. The summed E-state index contributed by atoms with van der Waals surface area (Å²) in [5, 5.41) is 30.7. The van der Waals surface area contributed by atoms with Gasteiger partial charge in [-0.05, 0) is 23.8 Å². The molecule has 9 heteroatoms. The molecule has 0 saturated carbocycles. The van der Waals surface area contributed by atoms with Gasteiger partial charge in [-0.1, -0.05) is 12.1 Å². The maximum absolute atomic E-state index is 13.1. The Morgan fingerprint density at radius 3 is 2.59 bits per heavy atom. The number of nitrogens with zero attached hydrogens (tertiary/aromatic N) is 3. The zero-order chi connectivity index (χ0) is 19.6. The number of benzene rings is 1. The quantitative estimate of drug-likeness (QED) is 0.628. The molecule has 136 valence electrons. The molecule has 1 amide bonds. The summed E-state index contributed by atoms with van der Waals surface area (Å²) in [6.45, 7) is -0.352. The molecule has 0 atom stereocenters. The van der Waals surface area contributed by atoms with Gasteiger partial charge in [-0.25, -0.2) is 9.37 Å². The van der Waals surface area contributed by atoms with Crippen molar-refractivity contribution >= 4 is 22.8 Å². The van der Waals surface area contributed by atoms with E-state index >= 15 is 0 Å². The van der Waals surface area contributed by atoms with E-state index in [-0.39, 0.29) is 16.9 Å². The Hall–Kier alpha value is -3.93. The highest BCUT2D eigenvalue weighted by Gasteiger charge is 2.21. The fraction of sp³-hybridized carbons (Fsp3) is 0.111. The van der Waals surface area contributed by atoms with Crippen molar-refractivity contribution < 1.29 is 24.2 Å². The average molecular weight is 368 g/mol. The number of halogens is 1. The number of amides is 1. The molecule has 0 spiro atoms. The van der Waals surface area contributed by atoms with Gasteiger partial charge >= 0.3 is 5.97 Å². The number of nitriles is 1. The van der Waals surface area contributed by atoms with E-state index in [1.54, 1.807) is 22.9 Å². The van der Waals surface area contributed by atoms with Crippen LogP contribution in [0.2, 0.25) is 0 Å². The summed E-state index contributed by atoms with van der Waals surface area (Å²) in [6, 6.07) is 9.21. The first-order valence-electron chi connectivity index (χ1n) is 7.77. The van der Waals surface area contributed by atoms with Crippen LogP contribution in [0.4, 0.5) is 4.39 Å².